The van der Waals surface area contributed by atoms with Crippen LogP contribution in [0.1, 0.15) is 0 Å². The molecule has 0 aliphatic carbocycles. The van der Waals surface area contributed by atoms with Gasteiger partial charge in [-0.15, -0.1) is 23.4 Å². The molecule has 15 heavy (non-hydrogen) atoms. The molecule has 2 nitrogen and oxygen atoms in total. The zero-order valence-electron chi connectivity index (χ0n) is 8.69. The first kappa shape index (κ1) is 12.8. The van der Waals surface area contributed by atoms with Crippen LogP contribution >= 0.6 is 23.4 Å². The molecule has 0 saturated carbocycles. The third kappa shape index (κ3) is 5.42. The molecule has 1 unspecified atom stereocenters. The highest BCUT2D eigenvalue weighted by Gasteiger charge is 2.07. The molecule has 1 atom stereocenters. The molecule has 0 amide bonds. The topological polar surface area (TPSA) is 18.5 Å². The Balaban J connectivity index is 2.28. The van der Waals surface area contributed by atoms with Crippen LogP contribution in [-0.2, 0) is 9.47 Å². The summed E-state index contributed by atoms with van der Waals surface area (Å²) < 4.78 is 10.2. The van der Waals surface area contributed by atoms with Gasteiger partial charge in [0.05, 0.1) is 6.10 Å². The molecule has 0 saturated heterocycles. The van der Waals surface area contributed by atoms with Crippen molar-refractivity contribution >= 4 is 23.4 Å². The molecule has 0 bridgehead atoms. The van der Waals surface area contributed by atoms with E-state index < -0.39 is 0 Å². The Morgan fingerprint density at radius 2 is 2.07 bits per heavy atom. The number of ether oxygens (including phenoxy) is 2. The lowest BCUT2D eigenvalue weighted by atomic mass is 10.4. The Morgan fingerprint density at radius 1 is 1.33 bits per heavy atom. The third-order valence-electron chi connectivity index (χ3n) is 1.77. The molecule has 0 spiro atoms. The molecule has 0 heterocycles. The Bertz CT molecular complexity index is 256. The van der Waals surface area contributed by atoms with Crippen LogP contribution in [0.4, 0.5) is 0 Å². The lowest BCUT2D eigenvalue weighted by Crippen LogP contribution is -2.19. The van der Waals surface area contributed by atoms with Gasteiger partial charge in [-0.3, -0.25) is 0 Å². The van der Waals surface area contributed by atoms with Crippen molar-refractivity contribution in [3.05, 3.63) is 30.3 Å². The van der Waals surface area contributed by atoms with Gasteiger partial charge >= 0.3 is 0 Å². The molecular formula is C11H15ClO2S. The minimum Gasteiger partial charge on any atom is -0.359 e. The van der Waals surface area contributed by atoms with E-state index in [-0.39, 0.29) is 6.10 Å². The van der Waals surface area contributed by atoms with E-state index in [2.05, 4.69) is 12.1 Å². The van der Waals surface area contributed by atoms with Gasteiger partial charge in [-0.2, -0.15) is 0 Å². The normalized spacial score (nSPS) is 12.7. The van der Waals surface area contributed by atoms with Crippen molar-refractivity contribution in [2.75, 3.05) is 25.5 Å². The van der Waals surface area contributed by atoms with Crippen molar-refractivity contribution in [3.8, 4) is 0 Å². The van der Waals surface area contributed by atoms with Gasteiger partial charge in [0.1, 0.15) is 6.79 Å². The minimum atomic E-state index is 0.0387. The summed E-state index contributed by atoms with van der Waals surface area (Å²) in [7, 11) is 1.61. The fraction of sp³-hybridized carbons (Fsp3) is 0.455. The van der Waals surface area contributed by atoms with E-state index in [4.69, 9.17) is 21.1 Å². The van der Waals surface area contributed by atoms with Crippen LogP contribution in [-0.4, -0.2) is 31.6 Å². The van der Waals surface area contributed by atoms with Crippen molar-refractivity contribution in [2.24, 2.45) is 0 Å². The van der Waals surface area contributed by atoms with Crippen LogP contribution < -0.4 is 0 Å². The van der Waals surface area contributed by atoms with Crippen LogP contribution in [0.3, 0.4) is 0 Å². The number of hydrogen-bond donors (Lipinski definition) is 0. The van der Waals surface area contributed by atoms with E-state index in [0.717, 1.165) is 5.75 Å². The summed E-state index contributed by atoms with van der Waals surface area (Å²) in [5, 5.41) is 0. The second kappa shape index (κ2) is 7.99. The Labute approximate surface area is 99.9 Å². The van der Waals surface area contributed by atoms with Gasteiger partial charge in [-0.1, -0.05) is 18.2 Å². The van der Waals surface area contributed by atoms with Crippen LogP contribution in [0.15, 0.2) is 35.2 Å². The van der Waals surface area contributed by atoms with Gasteiger partial charge in [-0.05, 0) is 12.1 Å². The molecule has 0 aromatic heterocycles. The second-order valence-corrected chi connectivity index (χ2v) is 4.38. The standard InChI is InChI=1S/C11H15ClO2S/c1-13-9-14-10(7-12)8-15-11-5-3-2-4-6-11/h2-6,10H,7-9H2,1H3. The van der Waals surface area contributed by atoms with Gasteiger partial charge in [-0.25, -0.2) is 0 Å². The fourth-order valence-corrected chi connectivity index (χ4v) is 2.28. The summed E-state index contributed by atoms with van der Waals surface area (Å²) in [6.45, 7) is 0.298. The quantitative estimate of drug-likeness (QED) is 0.419. The number of hydrogen-bond acceptors (Lipinski definition) is 3. The molecule has 4 heteroatoms. The molecule has 0 N–H and O–H groups in total. The predicted molar refractivity (Wildman–Crippen MR) is 64.6 cm³/mol. The molecule has 1 rings (SSSR count). The van der Waals surface area contributed by atoms with E-state index in [1.165, 1.54) is 4.90 Å². The van der Waals surface area contributed by atoms with Crippen LogP contribution in [0.25, 0.3) is 0 Å². The van der Waals surface area contributed by atoms with Gasteiger partial charge in [0, 0.05) is 23.6 Å². The van der Waals surface area contributed by atoms with Gasteiger partial charge in [0.15, 0.2) is 0 Å². The maximum atomic E-state index is 5.78. The van der Waals surface area contributed by atoms with Crippen molar-refractivity contribution < 1.29 is 9.47 Å². The monoisotopic (exact) mass is 246 g/mol. The number of thioether (sulfide) groups is 1. The molecule has 0 aliphatic heterocycles. The van der Waals surface area contributed by atoms with Gasteiger partial charge < -0.3 is 9.47 Å². The summed E-state index contributed by atoms with van der Waals surface area (Å²) in [6.07, 6.45) is 0.0387. The minimum absolute atomic E-state index is 0.0387. The summed E-state index contributed by atoms with van der Waals surface area (Å²) in [5.74, 6) is 1.33. The van der Waals surface area contributed by atoms with Crippen molar-refractivity contribution in [2.45, 2.75) is 11.0 Å². The fourth-order valence-electron chi connectivity index (χ4n) is 1.01. The number of rotatable bonds is 7. The Morgan fingerprint density at radius 3 is 2.67 bits per heavy atom. The van der Waals surface area contributed by atoms with Gasteiger partial charge in [0.2, 0.25) is 0 Å². The largest absolute Gasteiger partial charge is 0.359 e. The van der Waals surface area contributed by atoms with E-state index in [0.29, 0.717) is 12.7 Å². The zero-order valence-corrected chi connectivity index (χ0v) is 10.3. The molecule has 0 fully saturated rings. The summed E-state index contributed by atoms with van der Waals surface area (Å²) in [6, 6.07) is 10.2. The number of halogens is 1. The maximum Gasteiger partial charge on any atom is 0.146 e. The highest BCUT2D eigenvalue weighted by molar-refractivity contribution is 7.99. The number of alkyl halides is 1. The van der Waals surface area contributed by atoms with Crippen molar-refractivity contribution in [3.63, 3.8) is 0 Å². The van der Waals surface area contributed by atoms with E-state index in [9.17, 15) is 0 Å². The molecule has 0 radical (unpaired) electrons. The van der Waals surface area contributed by atoms with Gasteiger partial charge in [0.25, 0.3) is 0 Å². The SMILES string of the molecule is COCOC(CCl)CSc1ccccc1. The van der Waals surface area contributed by atoms with E-state index in [1.54, 1.807) is 18.9 Å². The van der Waals surface area contributed by atoms with Crippen molar-refractivity contribution in [1.29, 1.82) is 0 Å². The van der Waals surface area contributed by atoms with E-state index >= 15 is 0 Å². The molecule has 1 aromatic rings. The van der Waals surface area contributed by atoms with Crippen LogP contribution in [0.2, 0.25) is 0 Å². The Hall–Kier alpha value is -0.220. The predicted octanol–water partition coefficient (Wildman–Crippen LogP) is 3.01. The number of methoxy groups -OCH3 is 1. The van der Waals surface area contributed by atoms with Crippen LogP contribution in [0, 0.1) is 0 Å². The summed E-state index contributed by atoms with van der Waals surface area (Å²) >= 11 is 7.51. The van der Waals surface area contributed by atoms with Crippen LogP contribution in [0.5, 0.6) is 0 Å². The summed E-state index contributed by atoms with van der Waals surface area (Å²) in [4.78, 5) is 1.23. The highest BCUT2D eigenvalue weighted by atomic mass is 35.5. The first-order chi connectivity index (χ1) is 7.36. The number of benzene rings is 1. The first-order valence-electron chi connectivity index (χ1n) is 4.71. The smallest absolute Gasteiger partial charge is 0.146 e. The Kier molecular flexibility index (Phi) is 6.85. The van der Waals surface area contributed by atoms with Crippen molar-refractivity contribution in [1.82, 2.24) is 0 Å². The lowest BCUT2D eigenvalue weighted by molar-refractivity contribution is -0.0560. The first-order valence-corrected chi connectivity index (χ1v) is 6.23. The zero-order chi connectivity index (χ0) is 10.9. The molecule has 84 valence electrons. The third-order valence-corrected chi connectivity index (χ3v) is 3.26. The average molecular weight is 247 g/mol. The average Bonchev–Trinajstić information content (AvgIpc) is 2.31. The lowest BCUT2D eigenvalue weighted by Gasteiger charge is -2.13. The molecule has 1 aromatic carbocycles. The maximum absolute atomic E-state index is 5.78. The second-order valence-electron chi connectivity index (χ2n) is 2.97. The molecular weight excluding hydrogens is 232 g/mol. The van der Waals surface area contributed by atoms with E-state index in [1.807, 2.05) is 18.2 Å². The summed E-state index contributed by atoms with van der Waals surface area (Å²) in [5.41, 5.74) is 0. The molecule has 0 aliphatic rings. The highest BCUT2D eigenvalue weighted by Crippen LogP contribution is 2.19.